The van der Waals surface area contributed by atoms with Gasteiger partial charge in [0.1, 0.15) is 0 Å². The van der Waals surface area contributed by atoms with Gasteiger partial charge in [-0.2, -0.15) is 5.10 Å². The number of hydrogen-bond acceptors (Lipinski definition) is 4. The number of nitrogens with zero attached hydrogens (tertiary/aromatic N) is 1. The van der Waals surface area contributed by atoms with Crippen LogP contribution in [0.25, 0.3) is 0 Å². The third-order valence-electron chi connectivity index (χ3n) is 14.2. The topological polar surface area (TPSA) is 92.3 Å². The van der Waals surface area contributed by atoms with E-state index in [0.717, 1.165) is 62.6 Å². The van der Waals surface area contributed by atoms with E-state index < -0.39 is 11.4 Å². The van der Waals surface area contributed by atoms with Crippen molar-refractivity contribution < 1.29 is 19.4 Å². The number of carbonyl (C=O) groups is 2. The van der Waals surface area contributed by atoms with Crippen molar-refractivity contribution >= 4 is 11.9 Å². The molecule has 220 valence electrons. The highest BCUT2D eigenvalue weighted by Gasteiger charge is 2.72. The van der Waals surface area contributed by atoms with Crippen LogP contribution in [0.15, 0.2) is 12.2 Å². The van der Waals surface area contributed by atoms with Crippen LogP contribution in [0.5, 0.6) is 0 Å². The van der Waals surface area contributed by atoms with Gasteiger partial charge in [-0.05, 0) is 117 Å². The molecule has 0 saturated heterocycles. The van der Waals surface area contributed by atoms with Crippen molar-refractivity contribution in [2.75, 3.05) is 6.61 Å². The molecule has 1 aromatic heterocycles. The van der Waals surface area contributed by atoms with Crippen molar-refractivity contribution in [3.05, 3.63) is 29.1 Å². The average molecular weight is 551 g/mol. The number of aromatic amines is 1. The summed E-state index contributed by atoms with van der Waals surface area (Å²) < 4.78 is 5.42. The van der Waals surface area contributed by atoms with Gasteiger partial charge in [-0.25, -0.2) is 4.79 Å². The van der Waals surface area contributed by atoms with Crippen LogP contribution in [0.4, 0.5) is 0 Å². The Bertz CT molecular complexity index is 1260. The van der Waals surface area contributed by atoms with E-state index in [9.17, 15) is 14.7 Å². The molecule has 40 heavy (non-hydrogen) atoms. The van der Waals surface area contributed by atoms with Gasteiger partial charge in [-0.15, -0.1) is 0 Å². The molecule has 4 unspecified atom stereocenters. The summed E-state index contributed by atoms with van der Waals surface area (Å²) in [5.41, 5.74) is 3.31. The van der Waals surface area contributed by atoms with Crippen LogP contribution in [0.1, 0.15) is 122 Å². The molecule has 0 spiro atoms. The maximum atomic E-state index is 13.0. The van der Waals surface area contributed by atoms with Crippen LogP contribution in [0, 0.1) is 51.2 Å². The van der Waals surface area contributed by atoms with Gasteiger partial charge in [0.05, 0.1) is 12.0 Å². The second kappa shape index (κ2) is 8.70. The number of ether oxygens (including phenoxy) is 1. The third kappa shape index (κ3) is 3.25. The zero-order valence-corrected chi connectivity index (χ0v) is 25.8. The Morgan fingerprint density at radius 2 is 1.73 bits per heavy atom. The predicted molar refractivity (Wildman–Crippen MR) is 155 cm³/mol. The molecule has 0 bridgehead atoms. The molecule has 0 aromatic carbocycles. The number of nitrogens with one attached hydrogen (secondary N) is 1. The van der Waals surface area contributed by atoms with E-state index >= 15 is 0 Å². The molecule has 4 fully saturated rings. The predicted octanol–water partition coefficient (Wildman–Crippen LogP) is 7.34. The fourth-order valence-electron chi connectivity index (χ4n) is 12.3. The lowest BCUT2D eigenvalue weighted by Crippen LogP contribution is -2.67. The van der Waals surface area contributed by atoms with Crippen molar-refractivity contribution in [1.82, 2.24) is 10.2 Å². The van der Waals surface area contributed by atoms with Crippen molar-refractivity contribution in [2.45, 2.75) is 112 Å². The Balaban J connectivity index is 1.43. The number of rotatable bonds is 4. The lowest BCUT2D eigenvalue weighted by atomic mass is 9.32. The molecule has 6 rings (SSSR count). The summed E-state index contributed by atoms with van der Waals surface area (Å²) in [7, 11) is 0. The van der Waals surface area contributed by atoms with Gasteiger partial charge in [0.15, 0.2) is 5.69 Å². The summed E-state index contributed by atoms with van der Waals surface area (Å²) in [5, 5.41) is 18.4. The quantitative estimate of drug-likeness (QED) is 0.302. The standard InChI is InChI=1S/C34H50N2O4/c1-9-40-28(37)26-21-18-31(6)23(30(4,5)27(21)36-35-26)13-14-33(8)24(31)11-10-22-25-20(19(2)3)12-15-34(25,29(38)39)17-16-32(22,33)7/h20,22-25H,2,9-18H2,1,3-8H3,(H,35,36)(H,38,39)/t20-,22?,23?,24?,25?,31-,32+,33+,34-/m0/s1. The minimum Gasteiger partial charge on any atom is -0.481 e. The summed E-state index contributed by atoms with van der Waals surface area (Å²) >= 11 is 0. The molecule has 0 amide bonds. The second-order valence-electron chi connectivity index (χ2n) is 15.7. The Morgan fingerprint density at radius 3 is 2.38 bits per heavy atom. The fraction of sp³-hybridized carbons (Fsp3) is 0.794. The highest BCUT2D eigenvalue weighted by atomic mass is 16.5. The summed E-state index contributed by atoms with van der Waals surface area (Å²) in [6.45, 7) is 21.0. The summed E-state index contributed by atoms with van der Waals surface area (Å²) in [5.74, 6) is 0.983. The van der Waals surface area contributed by atoms with Crippen LogP contribution in [0.2, 0.25) is 0 Å². The first-order valence-corrected chi connectivity index (χ1v) is 15.8. The van der Waals surface area contributed by atoms with Gasteiger partial charge < -0.3 is 9.84 Å². The molecule has 2 N–H and O–H groups in total. The van der Waals surface area contributed by atoms with E-state index in [4.69, 9.17) is 4.74 Å². The van der Waals surface area contributed by atoms with Crippen LogP contribution in [0.3, 0.4) is 0 Å². The number of carbonyl (C=O) groups excluding carboxylic acids is 1. The molecule has 1 aromatic rings. The molecule has 1 heterocycles. The normalized spacial score (nSPS) is 44.8. The molecular formula is C34H50N2O4. The van der Waals surface area contributed by atoms with Crippen LogP contribution < -0.4 is 0 Å². The first kappa shape index (κ1) is 28.0. The maximum absolute atomic E-state index is 13.0. The third-order valence-corrected chi connectivity index (χ3v) is 14.2. The van der Waals surface area contributed by atoms with Gasteiger partial charge in [-0.3, -0.25) is 9.89 Å². The number of allylic oxidation sites excluding steroid dienone is 1. The number of carboxylic acid groups (broad SMARTS) is 1. The van der Waals surface area contributed by atoms with E-state index in [1.165, 1.54) is 12.0 Å². The summed E-state index contributed by atoms with van der Waals surface area (Å²) in [6, 6.07) is 0. The van der Waals surface area contributed by atoms with Crippen molar-refractivity contribution in [3.63, 3.8) is 0 Å². The molecule has 4 saturated carbocycles. The zero-order valence-electron chi connectivity index (χ0n) is 25.8. The van der Waals surface area contributed by atoms with Crippen molar-refractivity contribution in [1.29, 1.82) is 0 Å². The van der Waals surface area contributed by atoms with Crippen LogP contribution in [-0.2, 0) is 21.4 Å². The van der Waals surface area contributed by atoms with E-state index in [1.54, 1.807) is 0 Å². The number of carboxylic acids is 1. The molecule has 5 aliphatic carbocycles. The monoisotopic (exact) mass is 550 g/mol. The van der Waals surface area contributed by atoms with Gasteiger partial charge >= 0.3 is 11.9 Å². The number of aliphatic carboxylic acids is 1. The molecule has 0 aliphatic heterocycles. The zero-order chi connectivity index (χ0) is 29.0. The number of aromatic nitrogens is 2. The van der Waals surface area contributed by atoms with Crippen LogP contribution in [-0.4, -0.2) is 33.8 Å². The average Bonchev–Trinajstić information content (AvgIpc) is 3.47. The first-order valence-electron chi connectivity index (χ1n) is 15.8. The number of esters is 1. The fourth-order valence-corrected chi connectivity index (χ4v) is 12.3. The van der Waals surface area contributed by atoms with E-state index in [2.05, 4.69) is 58.3 Å². The maximum Gasteiger partial charge on any atom is 0.359 e. The summed E-state index contributed by atoms with van der Waals surface area (Å²) in [4.78, 5) is 25.9. The highest BCUT2D eigenvalue weighted by Crippen LogP contribution is 2.77. The Morgan fingerprint density at radius 1 is 1.00 bits per heavy atom. The molecule has 6 heteroatoms. The lowest BCUT2D eigenvalue weighted by Gasteiger charge is -2.72. The van der Waals surface area contributed by atoms with Gasteiger partial charge in [0, 0.05) is 16.7 Å². The Labute approximate surface area is 240 Å². The van der Waals surface area contributed by atoms with E-state index in [1.807, 2.05) is 6.92 Å². The number of H-pyrrole nitrogens is 1. The smallest absolute Gasteiger partial charge is 0.359 e. The Hall–Kier alpha value is -2.11. The minimum absolute atomic E-state index is 0.0212. The number of fused-ring (bicyclic) bond motifs is 8. The van der Waals surface area contributed by atoms with Gasteiger partial charge in [0.25, 0.3) is 0 Å². The highest BCUT2D eigenvalue weighted by molar-refractivity contribution is 5.89. The summed E-state index contributed by atoms with van der Waals surface area (Å²) in [6.07, 6.45) is 8.92. The second-order valence-corrected chi connectivity index (χ2v) is 15.7. The molecule has 0 radical (unpaired) electrons. The minimum atomic E-state index is -0.592. The van der Waals surface area contributed by atoms with Crippen molar-refractivity contribution in [2.24, 2.45) is 51.2 Å². The Kier molecular flexibility index (Phi) is 6.10. The number of hydrogen-bond donors (Lipinski definition) is 2. The van der Waals surface area contributed by atoms with Crippen molar-refractivity contribution in [3.8, 4) is 0 Å². The van der Waals surface area contributed by atoms with Crippen LogP contribution >= 0.6 is 0 Å². The van der Waals surface area contributed by atoms with Gasteiger partial charge in [0.2, 0.25) is 0 Å². The lowest BCUT2D eigenvalue weighted by molar-refractivity contribution is -0.227. The first-order chi connectivity index (χ1) is 18.7. The SMILES string of the molecule is C=C(C)[C@@H]1CC[C@]2(C(=O)O)CC[C@]3(C)C(CCC4[C@@]5(C)Cc6c(C(=O)OCC)n[nH]c6C(C)(C)C5CC[C@]43C)C12. The largest absolute Gasteiger partial charge is 0.481 e. The molecule has 6 nitrogen and oxygen atoms in total. The van der Waals surface area contributed by atoms with E-state index in [0.29, 0.717) is 36.0 Å². The van der Waals surface area contributed by atoms with Gasteiger partial charge in [-0.1, -0.05) is 46.8 Å². The molecule has 9 atom stereocenters. The molecular weight excluding hydrogens is 500 g/mol. The molecule has 5 aliphatic rings. The van der Waals surface area contributed by atoms with E-state index in [-0.39, 0.29) is 33.5 Å².